The Bertz CT molecular complexity index is 2740. The molecule has 0 saturated carbocycles. The molecule has 0 aromatic heterocycles. The molecule has 6 aromatic carbocycles. The van der Waals surface area contributed by atoms with Crippen molar-refractivity contribution in [1.29, 1.82) is 0 Å². The van der Waals surface area contributed by atoms with Crippen LogP contribution in [0.15, 0.2) is 109 Å². The van der Waals surface area contributed by atoms with Gasteiger partial charge in [0.1, 0.15) is 0 Å². The largest absolute Gasteiger partial charge is 0.311 e. The van der Waals surface area contributed by atoms with Crippen LogP contribution < -0.4 is 26.2 Å². The molecule has 0 bridgehead atoms. The average molecular weight is 773 g/mol. The molecule has 0 radical (unpaired) electrons. The number of hydrogen-bond acceptors (Lipinski definition) is 2. The number of anilines is 6. The molecule has 4 aliphatic rings. The van der Waals surface area contributed by atoms with E-state index in [1.807, 2.05) is 0 Å². The minimum atomic E-state index is 0.0591. The molecule has 0 amide bonds. The molecule has 2 aliphatic carbocycles. The van der Waals surface area contributed by atoms with Gasteiger partial charge in [-0.3, -0.25) is 0 Å². The Morgan fingerprint density at radius 1 is 0.475 bits per heavy atom. The molecule has 298 valence electrons. The van der Waals surface area contributed by atoms with Crippen LogP contribution in [-0.2, 0) is 27.1 Å². The van der Waals surface area contributed by atoms with Crippen molar-refractivity contribution >= 4 is 57.2 Å². The minimum absolute atomic E-state index is 0.0591. The van der Waals surface area contributed by atoms with Crippen molar-refractivity contribution < 1.29 is 0 Å². The van der Waals surface area contributed by atoms with Gasteiger partial charge in [0.25, 0.3) is 6.71 Å². The van der Waals surface area contributed by atoms with Gasteiger partial charge in [-0.25, -0.2) is 0 Å². The monoisotopic (exact) mass is 772 g/mol. The average Bonchev–Trinajstić information content (AvgIpc) is 3.47. The summed E-state index contributed by atoms with van der Waals surface area (Å²) in [6, 6.07) is 43.1. The molecular formula is C56H61BN2. The van der Waals surface area contributed by atoms with E-state index in [0.717, 1.165) is 12.8 Å². The van der Waals surface area contributed by atoms with Crippen LogP contribution in [0, 0.1) is 13.8 Å². The van der Waals surface area contributed by atoms with Gasteiger partial charge < -0.3 is 9.80 Å². The molecule has 2 nitrogen and oxygen atoms in total. The lowest BCUT2D eigenvalue weighted by molar-refractivity contribution is 0.403. The summed E-state index contributed by atoms with van der Waals surface area (Å²) in [4.78, 5) is 5.28. The lowest BCUT2D eigenvalue weighted by atomic mass is 9.33. The Kier molecular flexibility index (Phi) is 7.95. The Hall–Kier alpha value is -5.02. The zero-order valence-electron chi connectivity index (χ0n) is 37.8. The highest BCUT2D eigenvalue weighted by molar-refractivity contribution is 7.00. The minimum Gasteiger partial charge on any atom is -0.311 e. The maximum absolute atomic E-state index is 2.66. The summed E-state index contributed by atoms with van der Waals surface area (Å²) < 4.78 is 0. The molecule has 10 rings (SSSR count). The number of hydrogen-bond donors (Lipinski definition) is 0. The fraction of sp³-hybridized carbons (Fsp3) is 0.357. The van der Waals surface area contributed by atoms with Crippen molar-refractivity contribution in [2.24, 2.45) is 0 Å². The lowest BCUT2D eigenvalue weighted by Gasteiger charge is -2.45. The maximum Gasteiger partial charge on any atom is 0.252 e. The van der Waals surface area contributed by atoms with E-state index in [4.69, 9.17) is 0 Å². The fourth-order valence-corrected chi connectivity index (χ4v) is 12.4. The van der Waals surface area contributed by atoms with E-state index in [2.05, 4.69) is 209 Å². The van der Waals surface area contributed by atoms with Crippen molar-refractivity contribution in [3.63, 3.8) is 0 Å². The summed E-state index contributed by atoms with van der Waals surface area (Å²) in [5.41, 5.74) is 24.7. The second-order valence-corrected chi connectivity index (χ2v) is 22.3. The standard InChI is InChI=1S/C56H61BN2/c1-34-25-49-51-50(26-34)59(46-24-20-38(27-35(46)2)52(3,4)5)47-28-37(36-17-15-14-16-18-36)19-23-44(47)57(51)45-30-42-43(56(12,13)33-55(42,10)11)31-48(45)58(49)39-21-22-40-41(29-39)54(8,9)32-53(40,6)7/h14-31H,32-33H2,1-13H3. The molecule has 2 aliphatic heterocycles. The molecule has 0 N–H and O–H groups in total. The third-order valence-electron chi connectivity index (χ3n) is 14.7. The van der Waals surface area contributed by atoms with E-state index in [9.17, 15) is 0 Å². The van der Waals surface area contributed by atoms with Crippen molar-refractivity contribution in [2.45, 2.75) is 130 Å². The first-order valence-electron chi connectivity index (χ1n) is 22.1. The highest BCUT2D eigenvalue weighted by Crippen LogP contribution is 2.55. The second-order valence-electron chi connectivity index (χ2n) is 22.3. The molecule has 0 unspecified atom stereocenters. The number of benzene rings is 6. The van der Waals surface area contributed by atoms with Crippen molar-refractivity contribution in [3.8, 4) is 11.1 Å². The van der Waals surface area contributed by atoms with Crippen LogP contribution in [0.1, 0.15) is 128 Å². The van der Waals surface area contributed by atoms with Gasteiger partial charge in [-0.15, -0.1) is 0 Å². The van der Waals surface area contributed by atoms with Crippen LogP contribution in [-0.4, -0.2) is 6.71 Å². The van der Waals surface area contributed by atoms with Gasteiger partial charge in [-0.2, -0.15) is 0 Å². The zero-order valence-corrected chi connectivity index (χ0v) is 37.8. The first-order valence-corrected chi connectivity index (χ1v) is 22.1. The Labute approximate surface area is 354 Å². The normalized spacial score (nSPS) is 18.6. The Morgan fingerprint density at radius 2 is 1.07 bits per heavy atom. The van der Waals surface area contributed by atoms with E-state index >= 15 is 0 Å². The Balaban J connectivity index is 1.31. The van der Waals surface area contributed by atoms with Gasteiger partial charge in [-0.1, -0.05) is 143 Å². The molecule has 0 saturated heterocycles. The van der Waals surface area contributed by atoms with Crippen LogP contribution in [0.4, 0.5) is 34.1 Å². The molecule has 0 spiro atoms. The van der Waals surface area contributed by atoms with Crippen LogP contribution in [0.5, 0.6) is 0 Å². The molecule has 3 heteroatoms. The van der Waals surface area contributed by atoms with E-state index in [-0.39, 0.29) is 33.8 Å². The molecule has 0 atom stereocenters. The van der Waals surface area contributed by atoms with E-state index < -0.39 is 0 Å². The third-order valence-corrected chi connectivity index (χ3v) is 14.7. The highest BCUT2D eigenvalue weighted by Gasteiger charge is 2.49. The van der Waals surface area contributed by atoms with Gasteiger partial charge in [0.2, 0.25) is 0 Å². The van der Waals surface area contributed by atoms with Crippen molar-refractivity contribution in [1.82, 2.24) is 0 Å². The molecule has 59 heavy (non-hydrogen) atoms. The molecule has 0 fully saturated rings. The summed E-state index contributed by atoms with van der Waals surface area (Å²) in [5.74, 6) is 0. The predicted octanol–water partition coefficient (Wildman–Crippen LogP) is 13.3. The fourth-order valence-electron chi connectivity index (χ4n) is 12.4. The summed E-state index contributed by atoms with van der Waals surface area (Å²) in [6.07, 6.45) is 2.29. The zero-order chi connectivity index (χ0) is 41.8. The maximum atomic E-state index is 2.66. The van der Waals surface area contributed by atoms with Gasteiger partial charge in [0.05, 0.1) is 0 Å². The first-order chi connectivity index (χ1) is 27.7. The Morgan fingerprint density at radius 3 is 1.71 bits per heavy atom. The van der Waals surface area contributed by atoms with E-state index in [1.54, 1.807) is 0 Å². The summed E-state index contributed by atoms with van der Waals surface area (Å²) in [5, 5.41) is 0. The highest BCUT2D eigenvalue weighted by atomic mass is 15.2. The quantitative estimate of drug-likeness (QED) is 0.165. The number of rotatable bonds is 3. The van der Waals surface area contributed by atoms with E-state index in [1.165, 1.54) is 101 Å². The summed E-state index contributed by atoms with van der Waals surface area (Å²) >= 11 is 0. The smallest absolute Gasteiger partial charge is 0.252 e. The number of nitrogens with zero attached hydrogens (tertiary/aromatic N) is 2. The second kappa shape index (κ2) is 12.3. The SMILES string of the molecule is Cc1cc2c3c(c1)N(c1ccc(C(C)(C)C)cc1C)c1cc(-c4ccccc4)ccc1B3c1cc3c(cc1N2c1ccc2c(c1)C(C)(C)CC2(C)C)C(C)(C)CC3(C)C. The van der Waals surface area contributed by atoms with Gasteiger partial charge >= 0.3 is 0 Å². The topological polar surface area (TPSA) is 6.48 Å². The number of aryl methyl sites for hydroxylation is 2. The van der Waals surface area contributed by atoms with Gasteiger partial charge in [-0.05, 0) is 163 Å². The van der Waals surface area contributed by atoms with Gasteiger partial charge in [0.15, 0.2) is 0 Å². The summed E-state index contributed by atoms with van der Waals surface area (Å²) in [6.45, 7) is 31.2. The van der Waals surface area contributed by atoms with Crippen molar-refractivity contribution in [2.75, 3.05) is 9.80 Å². The summed E-state index contributed by atoms with van der Waals surface area (Å²) in [7, 11) is 0. The first kappa shape index (κ1) is 38.2. The molecule has 6 aromatic rings. The van der Waals surface area contributed by atoms with Crippen molar-refractivity contribution in [3.05, 3.63) is 148 Å². The van der Waals surface area contributed by atoms with E-state index in [0.29, 0.717) is 0 Å². The lowest BCUT2D eigenvalue weighted by Crippen LogP contribution is -2.61. The van der Waals surface area contributed by atoms with Crippen LogP contribution in [0.3, 0.4) is 0 Å². The number of fused-ring (bicyclic) bond motifs is 6. The third kappa shape index (κ3) is 5.66. The van der Waals surface area contributed by atoms with Crippen LogP contribution >= 0.6 is 0 Å². The molecule has 2 heterocycles. The van der Waals surface area contributed by atoms with Crippen LogP contribution in [0.2, 0.25) is 0 Å². The van der Waals surface area contributed by atoms with Gasteiger partial charge in [0, 0.05) is 34.1 Å². The van der Waals surface area contributed by atoms with Crippen LogP contribution in [0.25, 0.3) is 11.1 Å². The molecular weight excluding hydrogens is 711 g/mol. The predicted molar refractivity (Wildman–Crippen MR) is 255 cm³/mol.